The van der Waals surface area contributed by atoms with Gasteiger partial charge in [0, 0.05) is 6.07 Å². The summed E-state index contributed by atoms with van der Waals surface area (Å²) in [5.74, 6) is 0. The molecule has 0 radical (unpaired) electrons. The highest BCUT2D eigenvalue weighted by molar-refractivity contribution is 7.89. The van der Waals surface area contributed by atoms with Crippen molar-refractivity contribution in [3.8, 4) is 0 Å². The fraction of sp³-hybridized carbons (Fsp3) is 0. The van der Waals surface area contributed by atoms with Gasteiger partial charge >= 0.3 is 21.5 Å². The second-order valence-electron chi connectivity index (χ2n) is 3.22. The molecule has 12 nitrogen and oxygen atoms in total. The third-order valence-corrected chi connectivity index (χ3v) is 3.94. The lowest BCUT2D eigenvalue weighted by molar-refractivity contribution is -0.424. The van der Waals surface area contributed by atoms with Crippen molar-refractivity contribution in [1.82, 2.24) is 0 Å². The van der Waals surface area contributed by atoms with E-state index in [1.54, 1.807) is 0 Å². The van der Waals surface area contributed by atoms with Crippen LogP contribution in [0.5, 0.6) is 0 Å². The van der Waals surface area contributed by atoms with E-state index in [1.807, 2.05) is 0 Å². The number of rotatable bonds is 4. The standard InChI is InChI=1S/C6H4N2O10S2/c9-7(10)3-1-2-4(19(13,14)15)6(20(16,17)18)5(3)8(11)12/h1-2H,(H,13,14,15)(H,16,17,18). The van der Waals surface area contributed by atoms with Gasteiger partial charge in [0.25, 0.3) is 10.1 Å². The summed E-state index contributed by atoms with van der Waals surface area (Å²) in [4.78, 5) is 15.0. The van der Waals surface area contributed by atoms with Gasteiger partial charge in [-0.3, -0.25) is 29.3 Å². The molecule has 0 fully saturated rings. The van der Waals surface area contributed by atoms with Gasteiger partial charge in [0.2, 0.25) is 0 Å². The fourth-order valence-electron chi connectivity index (χ4n) is 1.32. The predicted octanol–water partition coefficient (Wildman–Crippen LogP) is -0.00360. The van der Waals surface area contributed by atoms with Crippen molar-refractivity contribution < 1.29 is 35.8 Å². The zero-order valence-corrected chi connectivity index (χ0v) is 10.7. The lowest BCUT2D eigenvalue weighted by Gasteiger charge is -2.05. The number of nitro groups is 2. The normalized spacial score (nSPS) is 12.1. The van der Waals surface area contributed by atoms with Crippen LogP contribution >= 0.6 is 0 Å². The van der Waals surface area contributed by atoms with Crippen LogP contribution in [-0.2, 0) is 20.2 Å². The van der Waals surface area contributed by atoms with Gasteiger partial charge in [-0.1, -0.05) is 0 Å². The van der Waals surface area contributed by atoms with Crippen LogP contribution in [0, 0.1) is 20.2 Å². The highest BCUT2D eigenvalue weighted by Gasteiger charge is 2.40. The molecule has 0 aliphatic heterocycles. The predicted molar refractivity (Wildman–Crippen MR) is 59.4 cm³/mol. The first-order chi connectivity index (χ1) is 8.87. The maximum absolute atomic E-state index is 11.1. The van der Waals surface area contributed by atoms with Crippen molar-refractivity contribution >= 4 is 31.6 Å². The van der Waals surface area contributed by atoms with Crippen LogP contribution in [0.4, 0.5) is 11.4 Å². The average molecular weight is 328 g/mol. The number of hydrogen-bond acceptors (Lipinski definition) is 8. The van der Waals surface area contributed by atoms with Gasteiger partial charge < -0.3 is 0 Å². The van der Waals surface area contributed by atoms with E-state index in [-0.39, 0.29) is 6.07 Å². The molecule has 1 aromatic carbocycles. The third-order valence-electron chi connectivity index (χ3n) is 1.99. The van der Waals surface area contributed by atoms with Crippen LogP contribution < -0.4 is 0 Å². The van der Waals surface area contributed by atoms with E-state index in [1.165, 1.54) is 0 Å². The van der Waals surface area contributed by atoms with E-state index in [0.717, 1.165) is 0 Å². The van der Waals surface area contributed by atoms with Crippen molar-refractivity contribution in [2.45, 2.75) is 9.79 Å². The maximum atomic E-state index is 11.1. The Morgan fingerprint density at radius 1 is 0.900 bits per heavy atom. The number of benzene rings is 1. The van der Waals surface area contributed by atoms with Crippen LogP contribution in [0.15, 0.2) is 21.9 Å². The van der Waals surface area contributed by atoms with Gasteiger partial charge in [0.05, 0.1) is 9.85 Å². The minimum atomic E-state index is -5.53. The van der Waals surface area contributed by atoms with Gasteiger partial charge in [-0.05, 0) is 6.07 Å². The molecule has 0 atom stereocenters. The molecule has 0 saturated heterocycles. The smallest absolute Gasteiger partial charge is 0.282 e. The van der Waals surface area contributed by atoms with E-state index in [2.05, 4.69) is 0 Å². The molecule has 0 aliphatic rings. The summed E-state index contributed by atoms with van der Waals surface area (Å²) in [6.07, 6.45) is 0. The van der Waals surface area contributed by atoms with Gasteiger partial charge in [0.15, 0.2) is 4.90 Å². The lowest BCUT2D eigenvalue weighted by atomic mass is 10.3. The first kappa shape index (κ1) is 15.9. The Bertz CT molecular complexity index is 808. The van der Waals surface area contributed by atoms with E-state index >= 15 is 0 Å². The van der Waals surface area contributed by atoms with Gasteiger partial charge in [0.1, 0.15) is 4.90 Å². The number of nitrogens with zero attached hydrogens (tertiary/aromatic N) is 2. The summed E-state index contributed by atoms with van der Waals surface area (Å²) in [6.45, 7) is 0. The fourth-order valence-corrected chi connectivity index (χ4v) is 3.27. The Labute approximate surface area is 110 Å². The van der Waals surface area contributed by atoms with Gasteiger partial charge in [-0.2, -0.15) is 16.8 Å². The topological polar surface area (TPSA) is 195 Å². The molecule has 0 aromatic heterocycles. The van der Waals surface area contributed by atoms with E-state index in [9.17, 15) is 37.1 Å². The minimum absolute atomic E-state index is 0.254. The van der Waals surface area contributed by atoms with Crippen LogP contribution in [0.25, 0.3) is 0 Å². The quantitative estimate of drug-likeness (QED) is 0.431. The van der Waals surface area contributed by atoms with Crippen LogP contribution in [0.3, 0.4) is 0 Å². The molecule has 0 unspecified atom stereocenters. The van der Waals surface area contributed by atoms with Gasteiger partial charge in [-0.25, -0.2) is 0 Å². The maximum Gasteiger partial charge on any atom is 0.368 e. The second-order valence-corrected chi connectivity index (χ2v) is 5.97. The molecule has 0 bridgehead atoms. The summed E-state index contributed by atoms with van der Waals surface area (Å²) in [5, 5.41) is 21.3. The van der Waals surface area contributed by atoms with E-state index in [4.69, 9.17) is 9.11 Å². The summed E-state index contributed by atoms with van der Waals surface area (Å²) in [5.41, 5.74) is -3.14. The van der Waals surface area contributed by atoms with Crippen molar-refractivity contribution in [2.75, 3.05) is 0 Å². The van der Waals surface area contributed by atoms with Gasteiger partial charge in [-0.15, -0.1) is 0 Å². The molecular formula is C6H4N2O10S2. The van der Waals surface area contributed by atoms with Crippen molar-refractivity contribution in [1.29, 1.82) is 0 Å². The Morgan fingerprint density at radius 2 is 1.40 bits per heavy atom. The lowest BCUT2D eigenvalue weighted by Crippen LogP contribution is -2.12. The molecule has 20 heavy (non-hydrogen) atoms. The molecule has 0 aliphatic carbocycles. The molecule has 14 heteroatoms. The molecule has 110 valence electrons. The highest BCUT2D eigenvalue weighted by Crippen LogP contribution is 2.37. The zero-order valence-electron chi connectivity index (χ0n) is 9.03. The van der Waals surface area contributed by atoms with E-state index in [0.29, 0.717) is 6.07 Å². The van der Waals surface area contributed by atoms with Crippen LogP contribution in [-0.4, -0.2) is 35.8 Å². The summed E-state index contributed by atoms with van der Waals surface area (Å²) in [7, 11) is -10.8. The molecular weight excluding hydrogens is 324 g/mol. The molecule has 0 spiro atoms. The highest BCUT2D eigenvalue weighted by atomic mass is 32.2. The Balaban J connectivity index is 4.13. The summed E-state index contributed by atoms with van der Waals surface area (Å²) >= 11 is 0. The zero-order chi connectivity index (χ0) is 15.9. The number of nitro benzene ring substituents is 2. The van der Waals surface area contributed by atoms with Crippen LogP contribution in [0.1, 0.15) is 0 Å². The summed E-state index contributed by atoms with van der Waals surface area (Å²) in [6, 6.07) is 0.569. The van der Waals surface area contributed by atoms with Crippen molar-refractivity contribution in [3.63, 3.8) is 0 Å². The molecule has 0 amide bonds. The molecule has 1 rings (SSSR count). The first-order valence-electron chi connectivity index (χ1n) is 4.28. The number of hydrogen-bond donors (Lipinski definition) is 2. The third kappa shape index (κ3) is 2.87. The molecule has 2 N–H and O–H groups in total. The summed E-state index contributed by atoms with van der Waals surface area (Å²) < 4.78 is 61.6. The van der Waals surface area contributed by atoms with Crippen LogP contribution in [0.2, 0.25) is 0 Å². The Morgan fingerprint density at radius 3 is 1.70 bits per heavy atom. The molecule has 0 saturated carbocycles. The monoisotopic (exact) mass is 328 g/mol. The first-order valence-corrected chi connectivity index (χ1v) is 7.16. The van der Waals surface area contributed by atoms with Crippen molar-refractivity contribution in [2.24, 2.45) is 0 Å². The Hall–Kier alpha value is -2.16. The Kier molecular flexibility index (Phi) is 3.77. The second kappa shape index (κ2) is 4.75. The largest absolute Gasteiger partial charge is 0.368 e. The minimum Gasteiger partial charge on any atom is -0.282 e. The van der Waals surface area contributed by atoms with E-state index < -0.39 is 51.2 Å². The SMILES string of the molecule is O=[N+]([O-])c1ccc(S(=O)(=O)O)c(S(=O)(=O)O)c1[N+](=O)[O-]. The molecule has 0 heterocycles. The molecule has 1 aromatic rings. The average Bonchev–Trinajstić information content (AvgIpc) is 2.24. The van der Waals surface area contributed by atoms with Crippen molar-refractivity contribution in [3.05, 3.63) is 32.4 Å².